The van der Waals surface area contributed by atoms with Gasteiger partial charge in [0, 0.05) is 5.56 Å². The van der Waals surface area contributed by atoms with E-state index in [9.17, 15) is 4.79 Å². The minimum Gasteiger partial charge on any atom is -0.342 e. The number of amides is 1. The molecule has 23 heavy (non-hydrogen) atoms. The van der Waals surface area contributed by atoms with E-state index >= 15 is 0 Å². The Labute approximate surface area is 138 Å². The van der Waals surface area contributed by atoms with Crippen molar-refractivity contribution in [3.8, 4) is 0 Å². The van der Waals surface area contributed by atoms with Crippen LogP contribution in [-0.4, -0.2) is 5.91 Å². The maximum absolute atomic E-state index is 12.7. The van der Waals surface area contributed by atoms with Crippen LogP contribution in [0.1, 0.15) is 34.3 Å². The van der Waals surface area contributed by atoms with Crippen molar-refractivity contribution in [1.29, 1.82) is 0 Å². The topological polar surface area (TPSA) is 29.1 Å². The van der Waals surface area contributed by atoms with Crippen molar-refractivity contribution in [3.63, 3.8) is 0 Å². The number of carbonyl (C=O) groups excluding carboxylic acids is 1. The zero-order chi connectivity index (χ0) is 16.7. The largest absolute Gasteiger partial charge is 0.342 e. The normalized spacial score (nSPS) is 10.8. The van der Waals surface area contributed by atoms with E-state index in [1.54, 1.807) is 0 Å². The molecule has 0 saturated heterocycles. The fourth-order valence-corrected chi connectivity index (χ4v) is 2.74. The first kappa shape index (κ1) is 16.8. The van der Waals surface area contributed by atoms with Crippen molar-refractivity contribution < 1.29 is 4.79 Å². The Morgan fingerprint density at radius 2 is 1.57 bits per heavy atom. The molecule has 0 radical (unpaired) electrons. The molecular formula is C21H23NO. The summed E-state index contributed by atoms with van der Waals surface area (Å²) in [5.74, 6) is -0.0856. The molecule has 0 saturated carbocycles. The van der Waals surface area contributed by atoms with E-state index in [1.807, 2.05) is 73.7 Å². The van der Waals surface area contributed by atoms with Gasteiger partial charge in [0.05, 0.1) is 5.54 Å². The second kappa shape index (κ2) is 7.59. The summed E-state index contributed by atoms with van der Waals surface area (Å²) in [4.78, 5) is 12.7. The van der Waals surface area contributed by atoms with Crippen LogP contribution in [0.15, 0.2) is 79.9 Å². The summed E-state index contributed by atoms with van der Waals surface area (Å²) in [6.07, 6.45) is 4.96. The van der Waals surface area contributed by atoms with Crippen LogP contribution in [-0.2, 0) is 5.54 Å². The third-order valence-electron chi connectivity index (χ3n) is 3.98. The van der Waals surface area contributed by atoms with Crippen LogP contribution in [0.25, 0.3) is 0 Å². The number of hydrogen-bond acceptors (Lipinski definition) is 1. The number of rotatable bonds is 7. The lowest BCUT2D eigenvalue weighted by molar-refractivity contribution is 0.0897. The summed E-state index contributed by atoms with van der Waals surface area (Å²) in [5.41, 5.74) is 2.32. The number of hydrogen-bond donors (Lipinski definition) is 1. The van der Waals surface area contributed by atoms with Gasteiger partial charge in [0.1, 0.15) is 0 Å². The van der Waals surface area contributed by atoms with Gasteiger partial charge < -0.3 is 5.32 Å². The Hall–Kier alpha value is -2.61. The standard InChI is InChI=1S/C21H23NO/c1-4-15-21(16-5-2,19-9-7-6-8-10-19)22-20(23)18-13-11-17(3)12-14-18/h4-14H,1-2,15-16H2,3H3,(H,22,23). The smallest absolute Gasteiger partial charge is 0.251 e. The SMILES string of the molecule is C=CCC(CC=C)(NC(=O)c1ccc(C)cc1)c1ccccc1. The minimum atomic E-state index is -0.521. The van der Waals surface area contributed by atoms with Crippen LogP contribution < -0.4 is 5.32 Å². The van der Waals surface area contributed by atoms with Gasteiger partial charge in [0.25, 0.3) is 5.91 Å². The molecule has 1 N–H and O–H groups in total. The molecule has 1 amide bonds. The summed E-state index contributed by atoms with van der Waals surface area (Å²) in [6, 6.07) is 17.6. The molecule has 0 bridgehead atoms. The lowest BCUT2D eigenvalue weighted by Crippen LogP contribution is -2.45. The van der Waals surface area contributed by atoms with Crippen LogP contribution in [0.3, 0.4) is 0 Å². The summed E-state index contributed by atoms with van der Waals surface area (Å²) >= 11 is 0. The zero-order valence-electron chi connectivity index (χ0n) is 13.6. The molecule has 2 rings (SSSR count). The summed E-state index contributed by atoms with van der Waals surface area (Å²) in [5, 5.41) is 3.20. The number of benzene rings is 2. The van der Waals surface area contributed by atoms with Gasteiger partial charge in [-0.15, -0.1) is 13.2 Å². The van der Waals surface area contributed by atoms with Crippen LogP contribution in [0.2, 0.25) is 0 Å². The summed E-state index contributed by atoms with van der Waals surface area (Å²) in [7, 11) is 0. The van der Waals surface area contributed by atoms with Gasteiger partial charge in [-0.25, -0.2) is 0 Å². The highest BCUT2D eigenvalue weighted by atomic mass is 16.1. The molecule has 0 aromatic heterocycles. The first-order valence-corrected chi connectivity index (χ1v) is 7.78. The van der Waals surface area contributed by atoms with E-state index in [2.05, 4.69) is 18.5 Å². The van der Waals surface area contributed by atoms with Crippen molar-refractivity contribution in [2.45, 2.75) is 25.3 Å². The Balaban J connectivity index is 2.37. The van der Waals surface area contributed by atoms with Crippen molar-refractivity contribution >= 4 is 5.91 Å². The molecule has 2 heteroatoms. The Kier molecular flexibility index (Phi) is 5.53. The van der Waals surface area contributed by atoms with E-state index in [4.69, 9.17) is 0 Å². The van der Waals surface area contributed by atoms with E-state index < -0.39 is 5.54 Å². The highest BCUT2D eigenvalue weighted by Crippen LogP contribution is 2.30. The molecular weight excluding hydrogens is 282 g/mol. The first-order chi connectivity index (χ1) is 11.1. The van der Waals surface area contributed by atoms with Gasteiger partial charge in [-0.05, 0) is 37.5 Å². The summed E-state index contributed by atoms with van der Waals surface area (Å²) in [6.45, 7) is 9.72. The number of aryl methyl sites for hydroxylation is 1. The Bertz CT molecular complexity index is 661. The monoisotopic (exact) mass is 305 g/mol. The highest BCUT2D eigenvalue weighted by Gasteiger charge is 2.31. The van der Waals surface area contributed by atoms with Crippen LogP contribution in [0.4, 0.5) is 0 Å². The average Bonchev–Trinajstić information content (AvgIpc) is 2.56. The molecule has 0 aliphatic carbocycles. The quantitative estimate of drug-likeness (QED) is 0.733. The second-order valence-electron chi connectivity index (χ2n) is 5.75. The molecule has 0 unspecified atom stereocenters. The van der Waals surface area contributed by atoms with E-state index in [0.29, 0.717) is 18.4 Å². The van der Waals surface area contributed by atoms with Gasteiger partial charge in [-0.2, -0.15) is 0 Å². The Morgan fingerprint density at radius 3 is 2.09 bits per heavy atom. The van der Waals surface area contributed by atoms with Crippen LogP contribution in [0, 0.1) is 6.92 Å². The maximum Gasteiger partial charge on any atom is 0.251 e. The van der Waals surface area contributed by atoms with Gasteiger partial charge in [0.15, 0.2) is 0 Å². The molecule has 0 aliphatic rings. The van der Waals surface area contributed by atoms with E-state index in [1.165, 1.54) is 0 Å². The summed E-state index contributed by atoms with van der Waals surface area (Å²) < 4.78 is 0. The molecule has 2 aromatic carbocycles. The van der Waals surface area contributed by atoms with Crippen molar-refractivity contribution in [2.75, 3.05) is 0 Å². The van der Waals surface area contributed by atoms with Gasteiger partial charge >= 0.3 is 0 Å². The van der Waals surface area contributed by atoms with Crippen molar-refractivity contribution in [2.24, 2.45) is 0 Å². The van der Waals surface area contributed by atoms with Crippen molar-refractivity contribution in [1.82, 2.24) is 5.32 Å². The molecule has 2 nitrogen and oxygen atoms in total. The molecule has 0 heterocycles. The third-order valence-corrected chi connectivity index (χ3v) is 3.98. The number of nitrogens with one attached hydrogen (secondary N) is 1. The fraction of sp³-hybridized carbons (Fsp3) is 0.190. The zero-order valence-corrected chi connectivity index (χ0v) is 13.6. The van der Waals surface area contributed by atoms with Crippen LogP contribution in [0.5, 0.6) is 0 Å². The molecule has 0 fully saturated rings. The molecule has 2 aromatic rings. The predicted molar refractivity (Wildman–Crippen MR) is 96.4 cm³/mol. The first-order valence-electron chi connectivity index (χ1n) is 7.78. The fourth-order valence-electron chi connectivity index (χ4n) is 2.74. The molecule has 118 valence electrons. The Morgan fingerprint density at radius 1 is 1.00 bits per heavy atom. The lowest BCUT2D eigenvalue weighted by atomic mass is 9.83. The van der Waals surface area contributed by atoms with E-state index in [-0.39, 0.29) is 5.91 Å². The van der Waals surface area contributed by atoms with Gasteiger partial charge in [0.2, 0.25) is 0 Å². The predicted octanol–water partition coefficient (Wildman–Crippen LogP) is 4.77. The van der Waals surface area contributed by atoms with Crippen molar-refractivity contribution in [3.05, 3.63) is 96.6 Å². The van der Waals surface area contributed by atoms with Gasteiger partial charge in [-0.3, -0.25) is 4.79 Å². The van der Waals surface area contributed by atoms with Crippen LogP contribution >= 0.6 is 0 Å². The molecule has 0 atom stereocenters. The number of carbonyl (C=O) groups is 1. The second-order valence-corrected chi connectivity index (χ2v) is 5.75. The molecule has 0 spiro atoms. The lowest BCUT2D eigenvalue weighted by Gasteiger charge is -2.34. The molecule has 0 aliphatic heterocycles. The highest BCUT2D eigenvalue weighted by molar-refractivity contribution is 5.94. The third kappa shape index (κ3) is 3.98. The minimum absolute atomic E-state index is 0.0856. The van der Waals surface area contributed by atoms with E-state index in [0.717, 1.165) is 11.1 Å². The maximum atomic E-state index is 12.7. The average molecular weight is 305 g/mol. The van der Waals surface area contributed by atoms with Gasteiger partial charge in [-0.1, -0.05) is 60.2 Å².